The van der Waals surface area contributed by atoms with Crippen molar-refractivity contribution in [2.24, 2.45) is 22.7 Å². The summed E-state index contributed by atoms with van der Waals surface area (Å²) in [5.74, 6) is 1.65. The maximum atomic E-state index is 12.3. The number of esters is 1. The number of piperidine rings is 1. The van der Waals surface area contributed by atoms with E-state index in [9.17, 15) is 4.79 Å². The molecule has 0 unspecified atom stereocenters. The fraction of sp³-hybridized carbons (Fsp3) is 0.947. The van der Waals surface area contributed by atoms with Crippen molar-refractivity contribution in [2.45, 2.75) is 72.3 Å². The molecule has 1 aliphatic heterocycles. The second kappa shape index (κ2) is 6.92. The minimum absolute atomic E-state index is 0. The summed E-state index contributed by atoms with van der Waals surface area (Å²) in [6.45, 7) is 12.8. The van der Waals surface area contributed by atoms with Crippen molar-refractivity contribution in [3.8, 4) is 0 Å². The van der Waals surface area contributed by atoms with Crippen molar-refractivity contribution < 1.29 is 26.8 Å². The molecule has 0 aromatic rings. The summed E-state index contributed by atoms with van der Waals surface area (Å²) >= 11 is 0. The van der Waals surface area contributed by atoms with Gasteiger partial charge in [0.25, 0.3) is 0 Å². The minimum atomic E-state index is 0. The molecule has 2 aliphatic carbocycles. The molecule has 2 bridgehead atoms. The van der Waals surface area contributed by atoms with Gasteiger partial charge in [-0.25, -0.2) is 0 Å². The molecule has 23 heavy (non-hydrogen) atoms. The van der Waals surface area contributed by atoms with Crippen LogP contribution in [0.1, 0.15) is 66.2 Å². The van der Waals surface area contributed by atoms with Crippen LogP contribution in [0.5, 0.6) is 0 Å². The van der Waals surface area contributed by atoms with E-state index in [2.05, 4.69) is 27.7 Å². The Bertz CT molecular complexity index is 431. The Balaban J connectivity index is 0.00000192. The maximum absolute atomic E-state index is 12.3. The van der Waals surface area contributed by atoms with E-state index >= 15 is 0 Å². The molecule has 1 heterocycles. The van der Waals surface area contributed by atoms with Crippen LogP contribution in [0.25, 0.3) is 0 Å². The summed E-state index contributed by atoms with van der Waals surface area (Å²) in [7, 11) is 0. The lowest BCUT2D eigenvalue weighted by Crippen LogP contribution is -3.13. The smallest absolute Gasteiger partial charge is 0.311 e. The number of halogens is 1. The van der Waals surface area contributed by atoms with Gasteiger partial charge in [-0.05, 0) is 49.4 Å². The molecule has 0 aromatic carbocycles. The van der Waals surface area contributed by atoms with Crippen molar-refractivity contribution in [1.29, 1.82) is 0 Å². The fourth-order valence-electron chi connectivity index (χ4n) is 5.23. The summed E-state index contributed by atoms with van der Waals surface area (Å²) in [4.78, 5) is 13.9. The zero-order valence-electron chi connectivity index (χ0n) is 15.3. The molecule has 3 rings (SSSR count). The summed E-state index contributed by atoms with van der Waals surface area (Å²) in [5.41, 5.74) is 0.521. The maximum Gasteiger partial charge on any atom is 0.311 e. The number of carbonyl (C=O) groups is 1. The fourth-order valence-corrected chi connectivity index (χ4v) is 5.23. The molecule has 1 saturated heterocycles. The van der Waals surface area contributed by atoms with E-state index in [1.165, 1.54) is 38.8 Å². The number of fused-ring (bicyclic) bond motifs is 2. The predicted molar refractivity (Wildman–Crippen MR) is 87.7 cm³/mol. The average Bonchev–Trinajstić information content (AvgIpc) is 2.80. The monoisotopic (exact) mass is 343 g/mol. The number of rotatable bonds is 4. The summed E-state index contributed by atoms with van der Waals surface area (Å²) in [6.07, 6.45) is 6.99. The van der Waals surface area contributed by atoms with Gasteiger partial charge < -0.3 is 22.0 Å². The Morgan fingerprint density at radius 1 is 1.17 bits per heavy atom. The third-order valence-corrected chi connectivity index (χ3v) is 7.65. The van der Waals surface area contributed by atoms with E-state index in [1.807, 2.05) is 0 Å². The molecule has 3 aliphatic rings. The quantitative estimate of drug-likeness (QED) is 0.695. The first-order chi connectivity index (χ1) is 10.3. The first-order valence-electron chi connectivity index (χ1n) is 9.36. The van der Waals surface area contributed by atoms with Gasteiger partial charge in [0.2, 0.25) is 0 Å². The van der Waals surface area contributed by atoms with Gasteiger partial charge in [0.1, 0.15) is 6.10 Å². The highest BCUT2D eigenvalue weighted by Gasteiger charge is 2.62. The van der Waals surface area contributed by atoms with Crippen LogP contribution in [-0.2, 0) is 9.53 Å². The second-order valence-electron chi connectivity index (χ2n) is 9.02. The van der Waals surface area contributed by atoms with E-state index in [4.69, 9.17) is 4.74 Å². The highest BCUT2D eigenvalue weighted by Crippen LogP contribution is 2.66. The van der Waals surface area contributed by atoms with Gasteiger partial charge in [-0.15, -0.1) is 0 Å². The molecule has 3 fully saturated rings. The Labute approximate surface area is 147 Å². The van der Waals surface area contributed by atoms with Gasteiger partial charge in [-0.1, -0.05) is 27.7 Å². The molecule has 0 aromatic heterocycles. The van der Waals surface area contributed by atoms with Crippen molar-refractivity contribution in [1.82, 2.24) is 0 Å². The molecule has 134 valence electrons. The molecular weight excluding hydrogens is 310 g/mol. The first-order valence-corrected chi connectivity index (χ1v) is 9.36. The lowest BCUT2D eigenvalue weighted by molar-refractivity contribution is -0.905. The standard InChI is InChI=1S/C19H33NO2.ClH/c1-14-6-10-20(11-7-14)12-8-17(21)22-16-13-15-5-9-19(16,4)18(15,2)3;/h14-16H,5-13H2,1-4H3;1H/t15-,16+,19+;/m0./s1. The lowest BCUT2D eigenvalue weighted by atomic mass is 9.70. The van der Waals surface area contributed by atoms with Crippen molar-refractivity contribution in [3.05, 3.63) is 0 Å². The van der Waals surface area contributed by atoms with Gasteiger partial charge in [-0.3, -0.25) is 4.79 Å². The van der Waals surface area contributed by atoms with Gasteiger partial charge in [0.15, 0.2) is 0 Å². The van der Waals surface area contributed by atoms with Crippen molar-refractivity contribution in [3.63, 3.8) is 0 Å². The molecule has 1 N–H and O–H groups in total. The topological polar surface area (TPSA) is 30.7 Å². The van der Waals surface area contributed by atoms with Crippen LogP contribution in [0.3, 0.4) is 0 Å². The number of quaternary nitrogens is 1. The Morgan fingerprint density at radius 2 is 1.83 bits per heavy atom. The van der Waals surface area contributed by atoms with Crippen LogP contribution < -0.4 is 17.3 Å². The molecule has 3 nitrogen and oxygen atoms in total. The molecule has 0 amide bonds. The molecular formula is C19H34ClNO2. The summed E-state index contributed by atoms with van der Waals surface area (Å²) < 4.78 is 5.94. The third kappa shape index (κ3) is 3.42. The molecule has 0 radical (unpaired) electrons. The second-order valence-corrected chi connectivity index (χ2v) is 9.02. The Morgan fingerprint density at radius 3 is 2.35 bits per heavy atom. The van der Waals surface area contributed by atoms with Gasteiger partial charge in [0, 0.05) is 5.41 Å². The van der Waals surface area contributed by atoms with Gasteiger partial charge in [-0.2, -0.15) is 0 Å². The highest BCUT2D eigenvalue weighted by molar-refractivity contribution is 5.69. The number of ether oxygens (including phenoxy) is 1. The summed E-state index contributed by atoms with van der Waals surface area (Å²) in [6, 6.07) is 0. The van der Waals surface area contributed by atoms with Crippen LogP contribution in [-0.4, -0.2) is 31.7 Å². The van der Waals surface area contributed by atoms with Crippen molar-refractivity contribution >= 4 is 5.97 Å². The lowest BCUT2D eigenvalue weighted by Gasteiger charge is -2.38. The van der Waals surface area contributed by atoms with E-state index in [0.29, 0.717) is 11.8 Å². The number of carbonyl (C=O) groups excluding carboxylic acids is 1. The van der Waals surface area contributed by atoms with E-state index < -0.39 is 0 Å². The summed E-state index contributed by atoms with van der Waals surface area (Å²) in [5, 5.41) is 0. The van der Waals surface area contributed by atoms with E-state index in [0.717, 1.165) is 24.8 Å². The van der Waals surface area contributed by atoms with Gasteiger partial charge in [0.05, 0.1) is 26.1 Å². The van der Waals surface area contributed by atoms with Crippen LogP contribution in [0.2, 0.25) is 0 Å². The molecule has 0 spiro atoms. The average molecular weight is 344 g/mol. The van der Waals surface area contributed by atoms with Gasteiger partial charge >= 0.3 is 5.97 Å². The zero-order chi connectivity index (χ0) is 16.0. The molecule has 3 atom stereocenters. The third-order valence-electron chi connectivity index (χ3n) is 7.65. The van der Waals surface area contributed by atoms with E-state index in [-0.39, 0.29) is 29.9 Å². The highest BCUT2D eigenvalue weighted by atomic mass is 35.5. The number of likely N-dealkylation sites (tertiary alicyclic amines) is 1. The normalized spacial score (nSPS) is 41.4. The van der Waals surface area contributed by atoms with E-state index in [1.54, 1.807) is 4.90 Å². The largest absolute Gasteiger partial charge is 1.00 e. The van der Waals surface area contributed by atoms with Crippen LogP contribution in [0, 0.1) is 22.7 Å². The van der Waals surface area contributed by atoms with Crippen molar-refractivity contribution in [2.75, 3.05) is 19.6 Å². The first kappa shape index (κ1) is 19.1. The molecule has 4 heteroatoms. The van der Waals surface area contributed by atoms with Crippen LogP contribution in [0.15, 0.2) is 0 Å². The number of hydrogen-bond donors (Lipinski definition) is 1. The molecule has 2 saturated carbocycles. The zero-order valence-corrected chi connectivity index (χ0v) is 16.0. The Hall–Kier alpha value is -0.280. The number of hydrogen-bond acceptors (Lipinski definition) is 2. The number of nitrogens with one attached hydrogen (secondary N) is 1. The SMILES string of the molecule is CC1CC[NH+](CCC(=O)O[C@@H]2C[C@@H]3CC[C@@]2(C)C3(C)C)CC1.[Cl-]. The predicted octanol–water partition coefficient (Wildman–Crippen LogP) is -0.547. The Kier molecular flexibility index (Phi) is 5.73. The van der Waals surface area contributed by atoms with Crippen LogP contribution >= 0.6 is 0 Å². The van der Waals surface area contributed by atoms with Crippen LogP contribution in [0.4, 0.5) is 0 Å². The minimum Gasteiger partial charge on any atom is -1.00 e.